The molecule has 1 unspecified atom stereocenters. The number of hydrogen-bond acceptors (Lipinski definition) is 3. The SMILES string of the molecule is COc1ccc(C(=O)C2(C)CCCO2)c(Br)c1. The maximum atomic E-state index is 12.4. The summed E-state index contributed by atoms with van der Waals surface area (Å²) in [7, 11) is 1.60. The van der Waals surface area contributed by atoms with Crippen molar-refractivity contribution in [1.82, 2.24) is 0 Å². The average molecular weight is 299 g/mol. The lowest BCUT2D eigenvalue weighted by Gasteiger charge is -2.22. The lowest BCUT2D eigenvalue weighted by Crippen LogP contribution is -2.34. The molecule has 1 saturated heterocycles. The Labute approximate surface area is 109 Å². The van der Waals surface area contributed by atoms with Gasteiger partial charge in [-0.1, -0.05) is 0 Å². The molecule has 1 heterocycles. The van der Waals surface area contributed by atoms with E-state index in [0.717, 1.165) is 23.1 Å². The Morgan fingerprint density at radius 3 is 2.82 bits per heavy atom. The van der Waals surface area contributed by atoms with Crippen molar-refractivity contribution < 1.29 is 14.3 Å². The van der Waals surface area contributed by atoms with Crippen LogP contribution in [0.1, 0.15) is 30.1 Å². The van der Waals surface area contributed by atoms with Crippen LogP contribution >= 0.6 is 15.9 Å². The van der Waals surface area contributed by atoms with Crippen LogP contribution in [0.5, 0.6) is 5.75 Å². The molecule has 1 aliphatic rings. The largest absolute Gasteiger partial charge is 0.497 e. The van der Waals surface area contributed by atoms with Gasteiger partial charge in [0.15, 0.2) is 5.78 Å². The Balaban J connectivity index is 2.31. The molecule has 1 fully saturated rings. The third-order valence-electron chi connectivity index (χ3n) is 3.12. The molecule has 1 aromatic rings. The van der Waals surface area contributed by atoms with E-state index >= 15 is 0 Å². The summed E-state index contributed by atoms with van der Waals surface area (Å²) in [6.07, 6.45) is 1.72. The lowest BCUT2D eigenvalue weighted by molar-refractivity contribution is 0.0213. The van der Waals surface area contributed by atoms with Crippen LogP contribution in [0.25, 0.3) is 0 Å². The Morgan fingerprint density at radius 1 is 1.53 bits per heavy atom. The van der Waals surface area contributed by atoms with Crippen LogP contribution in [0.4, 0.5) is 0 Å². The third kappa shape index (κ3) is 2.38. The fraction of sp³-hybridized carbons (Fsp3) is 0.462. The number of rotatable bonds is 3. The molecule has 1 aromatic carbocycles. The van der Waals surface area contributed by atoms with Gasteiger partial charge in [-0.3, -0.25) is 4.79 Å². The molecule has 1 atom stereocenters. The van der Waals surface area contributed by atoms with Crippen LogP contribution < -0.4 is 4.74 Å². The first-order valence-electron chi connectivity index (χ1n) is 5.59. The lowest BCUT2D eigenvalue weighted by atomic mass is 9.92. The van der Waals surface area contributed by atoms with E-state index in [0.29, 0.717) is 12.2 Å². The highest BCUT2D eigenvalue weighted by Gasteiger charge is 2.38. The normalized spacial score (nSPS) is 23.7. The number of hydrogen-bond donors (Lipinski definition) is 0. The van der Waals surface area contributed by atoms with Crippen molar-refractivity contribution in [3.05, 3.63) is 28.2 Å². The van der Waals surface area contributed by atoms with E-state index in [1.807, 2.05) is 6.92 Å². The van der Waals surface area contributed by atoms with Gasteiger partial charge in [-0.2, -0.15) is 0 Å². The van der Waals surface area contributed by atoms with Gasteiger partial charge < -0.3 is 9.47 Å². The molecule has 0 aliphatic carbocycles. The van der Waals surface area contributed by atoms with Gasteiger partial charge in [-0.05, 0) is 53.9 Å². The second-order valence-electron chi connectivity index (χ2n) is 4.36. The molecule has 0 saturated carbocycles. The maximum Gasteiger partial charge on any atom is 0.195 e. The van der Waals surface area contributed by atoms with Crippen molar-refractivity contribution in [1.29, 1.82) is 0 Å². The van der Waals surface area contributed by atoms with Gasteiger partial charge in [0.2, 0.25) is 0 Å². The molecule has 17 heavy (non-hydrogen) atoms. The topological polar surface area (TPSA) is 35.5 Å². The molecular formula is C13H15BrO3. The van der Waals surface area contributed by atoms with Crippen LogP contribution in [-0.2, 0) is 4.74 Å². The van der Waals surface area contributed by atoms with E-state index in [4.69, 9.17) is 9.47 Å². The van der Waals surface area contributed by atoms with Crippen LogP contribution in [0.2, 0.25) is 0 Å². The molecule has 0 bridgehead atoms. The molecule has 92 valence electrons. The molecule has 3 nitrogen and oxygen atoms in total. The zero-order chi connectivity index (χ0) is 12.5. The van der Waals surface area contributed by atoms with E-state index in [9.17, 15) is 4.79 Å². The summed E-state index contributed by atoms with van der Waals surface area (Å²) < 4.78 is 11.4. The van der Waals surface area contributed by atoms with Crippen molar-refractivity contribution in [3.8, 4) is 5.75 Å². The second-order valence-corrected chi connectivity index (χ2v) is 5.21. The fourth-order valence-electron chi connectivity index (χ4n) is 2.05. The summed E-state index contributed by atoms with van der Waals surface area (Å²) in [5.41, 5.74) is -0.0212. The molecule has 0 N–H and O–H groups in total. The molecule has 0 spiro atoms. The quantitative estimate of drug-likeness (QED) is 0.804. The zero-order valence-corrected chi connectivity index (χ0v) is 11.5. The fourth-order valence-corrected chi connectivity index (χ4v) is 2.59. The minimum Gasteiger partial charge on any atom is -0.497 e. The Bertz CT molecular complexity index is 436. The minimum absolute atomic E-state index is 0.0320. The van der Waals surface area contributed by atoms with Crippen LogP contribution in [0.15, 0.2) is 22.7 Å². The minimum atomic E-state index is -0.670. The Hall–Kier alpha value is -0.870. The van der Waals surface area contributed by atoms with Crippen molar-refractivity contribution in [3.63, 3.8) is 0 Å². The number of ether oxygens (including phenoxy) is 2. The number of carbonyl (C=O) groups excluding carboxylic acids is 1. The molecule has 4 heteroatoms. The summed E-state index contributed by atoms with van der Waals surface area (Å²) >= 11 is 3.40. The van der Waals surface area contributed by atoms with Crippen LogP contribution in [0, 0.1) is 0 Å². The zero-order valence-electron chi connectivity index (χ0n) is 9.96. The van der Waals surface area contributed by atoms with Gasteiger partial charge >= 0.3 is 0 Å². The Kier molecular flexibility index (Phi) is 3.54. The predicted molar refractivity (Wildman–Crippen MR) is 68.6 cm³/mol. The van der Waals surface area contributed by atoms with E-state index in [2.05, 4.69) is 15.9 Å². The maximum absolute atomic E-state index is 12.4. The van der Waals surface area contributed by atoms with Gasteiger partial charge in [-0.15, -0.1) is 0 Å². The molecule has 0 radical (unpaired) electrons. The summed E-state index contributed by atoms with van der Waals surface area (Å²) in [5, 5.41) is 0. The summed E-state index contributed by atoms with van der Waals surface area (Å²) in [6.45, 7) is 2.52. The van der Waals surface area contributed by atoms with E-state index in [1.54, 1.807) is 25.3 Å². The number of methoxy groups -OCH3 is 1. The van der Waals surface area contributed by atoms with E-state index in [1.165, 1.54) is 0 Å². The first kappa shape index (κ1) is 12.6. The van der Waals surface area contributed by atoms with Crippen molar-refractivity contribution in [2.24, 2.45) is 0 Å². The predicted octanol–water partition coefficient (Wildman–Crippen LogP) is 3.21. The first-order chi connectivity index (χ1) is 8.07. The highest BCUT2D eigenvalue weighted by molar-refractivity contribution is 9.10. The number of ketones is 1. The van der Waals surface area contributed by atoms with Crippen LogP contribution in [-0.4, -0.2) is 25.1 Å². The van der Waals surface area contributed by atoms with Crippen molar-refractivity contribution in [2.75, 3.05) is 13.7 Å². The average Bonchev–Trinajstić information content (AvgIpc) is 2.76. The molecule has 0 aromatic heterocycles. The smallest absolute Gasteiger partial charge is 0.195 e. The van der Waals surface area contributed by atoms with Gasteiger partial charge in [0.1, 0.15) is 11.4 Å². The highest BCUT2D eigenvalue weighted by atomic mass is 79.9. The van der Waals surface area contributed by atoms with Crippen molar-refractivity contribution >= 4 is 21.7 Å². The van der Waals surface area contributed by atoms with Crippen LogP contribution in [0.3, 0.4) is 0 Å². The van der Waals surface area contributed by atoms with Gasteiger partial charge in [-0.25, -0.2) is 0 Å². The third-order valence-corrected chi connectivity index (χ3v) is 3.78. The highest BCUT2D eigenvalue weighted by Crippen LogP contribution is 2.32. The number of Topliss-reactive ketones (excluding diaryl/α,β-unsaturated/α-hetero) is 1. The molecule has 2 rings (SSSR count). The number of halogens is 1. The Morgan fingerprint density at radius 2 is 2.29 bits per heavy atom. The monoisotopic (exact) mass is 298 g/mol. The summed E-state index contributed by atoms with van der Waals surface area (Å²) in [4.78, 5) is 12.4. The molecule has 0 amide bonds. The number of carbonyl (C=O) groups is 1. The first-order valence-corrected chi connectivity index (χ1v) is 6.38. The van der Waals surface area contributed by atoms with Gasteiger partial charge in [0, 0.05) is 16.6 Å². The van der Waals surface area contributed by atoms with Gasteiger partial charge in [0.05, 0.1) is 7.11 Å². The van der Waals surface area contributed by atoms with Gasteiger partial charge in [0.25, 0.3) is 0 Å². The molecule has 1 aliphatic heterocycles. The van der Waals surface area contributed by atoms with Crippen molar-refractivity contribution in [2.45, 2.75) is 25.4 Å². The summed E-state index contributed by atoms with van der Waals surface area (Å²) in [6, 6.07) is 5.36. The second kappa shape index (κ2) is 4.78. The molecular weight excluding hydrogens is 284 g/mol. The standard InChI is InChI=1S/C13H15BrO3/c1-13(6-3-7-17-13)12(15)10-5-4-9(16-2)8-11(10)14/h4-5,8H,3,6-7H2,1-2H3. The number of benzene rings is 1. The summed E-state index contributed by atoms with van der Waals surface area (Å²) in [5.74, 6) is 0.760. The van der Waals surface area contributed by atoms with E-state index in [-0.39, 0.29) is 5.78 Å². The van der Waals surface area contributed by atoms with E-state index < -0.39 is 5.60 Å².